The molecule has 0 saturated heterocycles. The highest BCUT2D eigenvalue weighted by molar-refractivity contribution is 5.97. The molecule has 3 aliphatic rings. The van der Waals surface area contributed by atoms with Gasteiger partial charge < -0.3 is 10.8 Å². The number of ketones is 2. The molecule has 36 heavy (non-hydrogen) atoms. The lowest BCUT2D eigenvalue weighted by Gasteiger charge is -2.28. The van der Waals surface area contributed by atoms with Crippen molar-refractivity contribution in [3.8, 4) is 0 Å². The highest BCUT2D eigenvalue weighted by atomic mass is 16.3. The second-order valence-electron chi connectivity index (χ2n) is 11.3. The predicted octanol–water partition coefficient (Wildman–Crippen LogP) is 6.85. The number of allylic oxidation sites excluding steroid dienone is 6. The first-order chi connectivity index (χ1) is 17.4. The molecule has 4 atom stereocenters. The van der Waals surface area contributed by atoms with Gasteiger partial charge in [-0.3, -0.25) is 9.59 Å². The molecule has 3 N–H and O–H groups in total. The van der Waals surface area contributed by atoms with Crippen LogP contribution in [0.2, 0.25) is 0 Å². The lowest BCUT2D eigenvalue weighted by atomic mass is 9.76. The average molecular weight is 490 g/mol. The fraction of sp³-hybridized carbons (Fsp3) is 0.562. The molecule has 0 bridgehead atoms. The first-order valence-corrected chi connectivity index (χ1v) is 14.0. The van der Waals surface area contributed by atoms with Gasteiger partial charge in [0.25, 0.3) is 0 Å². The molecule has 0 saturated carbocycles. The van der Waals surface area contributed by atoms with Gasteiger partial charge in [0.15, 0.2) is 5.78 Å². The summed E-state index contributed by atoms with van der Waals surface area (Å²) >= 11 is 0. The van der Waals surface area contributed by atoms with Crippen LogP contribution in [0.5, 0.6) is 0 Å². The van der Waals surface area contributed by atoms with E-state index in [1.54, 1.807) is 0 Å². The Morgan fingerprint density at radius 3 is 2.56 bits per heavy atom. The van der Waals surface area contributed by atoms with Gasteiger partial charge in [0, 0.05) is 31.6 Å². The maximum atomic E-state index is 13.9. The van der Waals surface area contributed by atoms with Crippen LogP contribution >= 0.6 is 0 Å². The number of anilines is 1. The Morgan fingerprint density at radius 2 is 1.83 bits per heavy atom. The molecule has 1 aromatic carbocycles. The van der Waals surface area contributed by atoms with Crippen molar-refractivity contribution in [1.29, 1.82) is 0 Å². The number of Topliss-reactive ketones (excluding diaryl/α,β-unsaturated/α-hetero) is 2. The Balaban J connectivity index is 1.63. The van der Waals surface area contributed by atoms with Gasteiger partial charge >= 0.3 is 0 Å². The second-order valence-corrected chi connectivity index (χ2v) is 11.3. The molecule has 4 rings (SSSR count). The molecule has 0 heterocycles. The zero-order chi connectivity index (χ0) is 25.5. The molecule has 0 aromatic heterocycles. The molecule has 0 radical (unpaired) electrons. The highest BCUT2D eigenvalue weighted by Gasteiger charge is 2.34. The van der Waals surface area contributed by atoms with Gasteiger partial charge in [0.2, 0.25) is 0 Å². The van der Waals surface area contributed by atoms with Crippen LogP contribution in [-0.4, -0.2) is 23.3 Å². The predicted molar refractivity (Wildman–Crippen MR) is 146 cm³/mol. The summed E-state index contributed by atoms with van der Waals surface area (Å²) in [7, 11) is 0. The lowest BCUT2D eigenvalue weighted by molar-refractivity contribution is -0.121. The minimum atomic E-state index is 0.0733. The number of nitrogen functional groups attached to an aromatic ring is 1. The molecule has 0 spiro atoms. The summed E-state index contributed by atoms with van der Waals surface area (Å²) in [6, 6.07) is 8.33. The third-order valence-corrected chi connectivity index (χ3v) is 8.81. The van der Waals surface area contributed by atoms with Crippen molar-refractivity contribution in [2.45, 2.75) is 89.9 Å². The van der Waals surface area contributed by atoms with E-state index < -0.39 is 0 Å². The van der Waals surface area contributed by atoms with Gasteiger partial charge in [-0.15, -0.1) is 0 Å². The number of benzene rings is 1. The van der Waals surface area contributed by atoms with E-state index in [-0.39, 0.29) is 30.0 Å². The molecule has 194 valence electrons. The third-order valence-electron chi connectivity index (χ3n) is 8.81. The van der Waals surface area contributed by atoms with Crippen molar-refractivity contribution in [3.05, 3.63) is 64.8 Å². The molecule has 1 aromatic rings. The van der Waals surface area contributed by atoms with E-state index in [1.807, 2.05) is 12.1 Å². The average Bonchev–Trinajstić information content (AvgIpc) is 3.03. The molecule has 4 heteroatoms. The first kappa shape index (κ1) is 26.6. The number of aliphatic hydroxyl groups excluding tert-OH is 1. The molecule has 0 fully saturated rings. The van der Waals surface area contributed by atoms with Crippen molar-refractivity contribution < 1.29 is 14.7 Å². The normalized spacial score (nSPS) is 26.4. The van der Waals surface area contributed by atoms with Gasteiger partial charge in [0.1, 0.15) is 5.78 Å². The maximum Gasteiger partial charge on any atom is 0.159 e. The van der Waals surface area contributed by atoms with E-state index >= 15 is 0 Å². The van der Waals surface area contributed by atoms with Crippen LogP contribution in [0.1, 0.15) is 95.5 Å². The van der Waals surface area contributed by atoms with Crippen LogP contribution in [0.25, 0.3) is 0 Å². The summed E-state index contributed by atoms with van der Waals surface area (Å²) in [5, 5.41) is 9.29. The summed E-state index contributed by atoms with van der Waals surface area (Å²) in [6.45, 7) is 2.30. The summed E-state index contributed by atoms with van der Waals surface area (Å²) < 4.78 is 0. The van der Waals surface area contributed by atoms with Gasteiger partial charge in [-0.05, 0) is 105 Å². The van der Waals surface area contributed by atoms with Crippen LogP contribution in [0.3, 0.4) is 0 Å². The van der Waals surface area contributed by atoms with Gasteiger partial charge in [-0.25, -0.2) is 0 Å². The van der Waals surface area contributed by atoms with E-state index in [1.165, 1.54) is 16.7 Å². The number of carbonyl (C=O) groups is 2. The zero-order valence-corrected chi connectivity index (χ0v) is 21.9. The van der Waals surface area contributed by atoms with Crippen molar-refractivity contribution in [2.24, 2.45) is 17.8 Å². The van der Waals surface area contributed by atoms with Crippen molar-refractivity contribution in [3.63, 3.8) is 0 Å². The Bertz CT molecular complexity index is 1020. The van der Waals surface area contributed by atoms with Crippen LogP contribution in [0, 0.1) is 17.8 Å². The minimum absolute atomic E-state index is 0.0733. The van der Waals surface area contributed by atoms with Gasteiger partial charge in [-0.1, -0.05) is 48.4 Å². The summed E-state index contributed by atoms with van der Waals surface area (Å²) in [4.78, 5) is 26.7. The van der Waals surface area contributed by atoms with Gasteiger partial charge in [0.05, 0.1) is 0 Å². The number of hydrogen-bond acceptors (Lipinski definition) is 4. The smallest absolute Gasteiger partial charge is 0.159 e. The highest BCUT2D eigenvalue weighted by Crippen LogP contribution is 2.45. The molecule has 4 unspecified atom stereocenters. The largest absolute Gasteiger partial charge is 0.399 e. The number of aliphatic hydroxyl groups is 1. The zero-order valence-electron chi connectivity index (χ0n) is 21.9. The minimum Gasteiger partial charge on any atom is -0.399 e. The summed E-state index contributed by atoms with van der Waals surface area (Å²) in [6.07, 6.45) is 16.4. The van der Waals surface area contributed by atoms with E-state index in [0.29, 0.717) is 31.1 Å². The lowest BCUT2D eigenvalue weighted by Crippen LogP contribution is -2.22. The fourth-order valence-corrected chi connectivity index (χ4v) is 6.58. The third kappa shape index (κ3) is 6.85. The number of nitrogens with two attached hydrogens (primary N) is 1. The topological polar surface area (TPSA) is 80.4 Å². The summed E-state index contributed by atoms with van der Waals surface area (Å²) in [5.74, 6) is 1.62. The van der Waals surface area contributed by atoms with Crippen LogP contribution in [0.15, 0.2) is 59.2 Å². The molecular formula is C32H43NO3. The Kier molecular flexibility index (Phi) is 9.36. The Labute approximate surface area is 216 Å². The molecule has 4 nitrogen and oxygen atoms in total. The van der Waals surface area contributed by atoms with E-state index in [0.717, 1.165) is 69.0 Å². The maximum absolute atomic E-state index is 13.9. The van der Waals surface area contributed by atoms with Gasteiger partial charge in [-0.2, -0.15) is 0 Å². The number of hydrogen-bond donors (Lipinski definition) is 2. The number of rotatable bonds is 7. The molecular weight excluding hydrogens is 446 g/mol. The molecule has 3 aliphatic carbocycles. The van der Waals surface area contributed by atoms with E-state index in [4.69, 9.17) is 5.73 Å². The van der Waals surface area contributed by atoms with Crippen molar-refractivity contribution in [2.75, 3.05) is 12.3 Å². The Morgan fingerprint density at radius 1 is 1.03 bits per heavy atom. The standard InChI is InChI=1S/C32H43NO3/c1-22(6-5-17-34)26-19-29(35)15-11-25-12-16-30(24-9-13-28(33)14-10-24)27(20-31(25)32(36)21-26)18-23-7-3-2-4-8-23/h2-3,7,9-10,13-14,22,26-27,30,34H,4-6,8,11-12,15-21,33H2,1H3. The van der Waals surface area contributed by atoms with Crippen LogP contribution in [-0.2, 0) is 9.59 Å². The first-order valence-electron chi connectivity index (χ1n) is 14.0. The van der Waals surface area contributed by atoms with E-state index in [9.17, 15) is 14.7 Å². The Hall–Kier alpha value is -2.46. The van der Waals surface area contributed by atoms with Crippen molar-refractivity contribution in [1.82, 2.24) is 0 Å². The fourth-order valence-electron chi connectivity index (χ4n) is 6.58. The SMILES string of the molecule is CC(CCCO)C1CC(=O)CCC2=C(CC(CC3=CC=CCC3)C(c3ccc(N)cc3)CC2)C(=O)C1. The molecule has 0 aliphatic heterocycles. The van der Waals surface area contributed by atoms with Crippen molar-refractivity contribution >= 4 is 17.3 Å². The molecule has 0 amide bonds. The quantitative estimate of drug-likeness (QED) is 0.410. The second kappa shape index (κ2) is 12.7. The summed E-state index contributed by atoms with van der Waals surface area (Å²) in [5.41, 5.74) is 11.8. The van der Waals surface area contributed by atoms with E-state index in [2.05, 4.69) is 37.3 Å². The van der Waals surface area contributed by atoms with Crippen LogP contribution < -0.4 is 5.73 Å². The number of carbonyl (C=O) groups excluding carboxylic acids is 2. The monoisotopic (exact) mass is 489 g/mol. The van der Waals surface area contributed by atoms with Crippen LogP contribution in [0.4, 0.5) is 5.69 Å².